The van der Waals surface area contributed by atoms with E-state index in [2.05, 4.69) is 50.3 Å². The number of anilines is 3. The molecule has 1 saturated heterocycles. The second-order valence-corrected chi connectivity index (χ2v) is 5.56. The number of aromatic nitrogens is 3. The van der Waals surface area contributed by atoms with Crippen molar-refractivity contribution in [3.63, 3.8) is 0 Å². The Balaban J connectivity index is 1.76. The first-order valence-electron chi connectivity index (χ1n) is 7.74. The van der Waals surface area contributed by atoms with Crippen LogP contribution in [0.15, 0.2) is 30.5 Å². The van der Waals surface area contributed by atoms with Crippen molar-refractivity contribution in [3.05, 3.63) is 36.0 Å². The number of rotatable bonds is 4. The van der Waals surface area contributed by atoms with E-state index >= 15 is 0 Å². The molecule has 3 rings (SSSR count). The van der Waals surface area contributed by atoms with Gasteiger partial charge in [0.1, 0.15) is 0 Å². The van der Waals surface area contributed by atoms with Gasteiger partial charge >= 0.3 is 0 Å². The number of hydrogen-bond acceptors (Lipinski definition) is 6. The van der Waals surface area contributed by atoms with Crippen LogP contribution >= 0.6 is 0 Å². The van der Waals surface area contributed by atoms with Gasteiger partial charge in [0, 0.05) is 31.9 Å². The molecule has 0 atom stereocenters. The van der Waals surface area contributed by atoms with Crippen LogP contribution in [0.2, 0.25) is 0 Å². The number of aryl methyl sites for hydroxylation is 1. The summed E-state index contributed by atoms with van der Waals surface area (Å²) in [5, 5.41) is 11.5. The number of nitrogens with zero attached hydrogens (tertiary/aromatic N) is 5. The average molecular weight is 298 g/mol. The molecule has 0 bridgehead atoms. The van der Waals surface area contributed by atoms with Gasteiger partial charge in [0.15, 0.2) is 5.82 Å². The van der Waals surface area contributed by atoms with Crippen molar-refractivity contribution < 1.29 is 0 Å². The average Bonchev–Trinajstić information content (AvgIpc) is 2.56. The lowest BCUT2D eigenvalue weighted by Crippen LogP contribution is -2.44. The minimum absolute atomic E-state index is 0.553. The molecule has 2 heterocycles. The maximum absolute atomic E-state index is 4.61. The van der Waals surface area contributed by atoms with Crippen molar-refractivity contribution in [2.75, 3.05) is 43.4 Å². The second-order valence-electron chi connectivity index (χ2n) is 5.56. The molecule has 1 aliphatic heterocycles. The standard InChI is InChI=1S/C16H22N6/c1-3-13-6-4-5-7-14(13)18-16-19-15(12-17-20-16)22-10-8-21(2)9-11-22/h4-7,12H,3,8-11H2,1-2H3,(H,18,19,20). The van der Waals surface area contributed by atoms with Gasteiger partial charge < -0.3 is 15.1 Å². The van der Waals surface area contributed by atoms with Crippen LogP contribution in [0.4, 0.5) is 17.5 Å². The largest absolute Gasteiger partial charge is 0.353 e. The summed E-state index contributed by atoms with van der Waals surface area (Å²) in [6, 6.07) is 8.22. The van der Waals surface area contributed by atoms with E-state index in [4.69, 9.17) is 0 Å². The lowest BCUT2D eigenvalue weighted by atomic mass is 10.1. The van der Waals surface area contributed by atoms with Crippen LogP contribution in [0.25, 0.3) is 0 Å². The minimum Gasteiger partial charge on any atom is -0.353 e. The molecule has 6 nitrogen and oxygen atoms in total. The predicted octanol–water partition coefficient (Wildman–Crippen LogP) is 1.93. The molecule has 6 heteroatoms. The van der Waals surface area contributed by atoms with Crippen molar-refractivity contribution in [1.29, 1.82) is 0 Å². The van der Waals surface area contributed by atoms with Crippen LogP contribution in [-0.4, -0.2) is 53.3 Å². The fourth-order valence-electron chi connectivity index (χ4n) is 2.61. The molecule has 1 aliphatic rings. The lowest BCUT2D eigenvalue weighted by molar-refractivity contribution is 0.312. The van der Waals surface area contributed by atoms with Crippen LogP contribution in [0.3, 0.4) is 0 Å². The first kappa shape index (κ1) is 14.7. The van der Waals surface area contributed by atoms with E-state index in [1.54, 1.807) is 6.20 Å². The van der Waals surface area contributed by atoms with Crippen molar-refractivity contribution >= 4 is 17.5 Å². The number of piperazine rings is 1. The van der Waals surface area contributed by atoms with Crippen LogP contribution in [0.1, 0.15) is 12.5 Å². The highest BCUT2D eigenvalue weighted by Gasteiger charge is 2.16. The van der Waals surface area contributed by atoms with Crippen molar-refractivity contribution in [3.8, 4) is 0 Å². The number of likely N-dealkylation sites (N-methyl/N-ethyl adjacent to an activating group) is 1. The van der Waals surface area contributed by atoms with Gasteiger partial charge in [-0.2, -0.15) is 10.1 Å². The van der Waals surface area contributed by atoms with E-state index in [0.717, 1.165) is 44.1 Å². The molecule has 0 unspecified atom stereocenters. The van der Waals surface area contributed by atoms with E-state index in [1.807, 2.05) is 18.2 Å². The normalized spacial score (nSPS) is 15.8. The summed E-state index contributed by atoms with van der Waals surface area (Å²) in [6.07, 6.45) is 2.71. The smallest absolute Gasteiger partial charge is 0.249 e. The molecule has 0 aliphatic carbocycles. The summed E-state index contributed by atoms with van der Waals surface area (Å²) >= 11 is 0. The van der Waals surface area contributed by atoms with Crippen molar-refractivity contribution in [1.82, 2.24) is 20.1 Å². The summed E-state index contributed by atoms with van der Waals surface area (Å²) in [5.41, 5.74) is 2.29. The Morgan fingerprint density at radius 2 is 1.91 bits per heavy atom. The molecule has 0 saturated carbocycles. The molecule has 2 aromatic rings. The molecule has 116 valence electrons. The third-order valence-electron chi connectivity index (χ3n) is 4.02. The van der Waals surface area contributed by atoms with Crippen LogP contribution in [0.5, 0.6) is 0 Å². The van der Waals surface area contributed by atoms with Gasteiger partial charge in [-0.05, 0) is 25.1 Å². The van der Waals surface area contributed by atoms with E-state index in [9.17, 15) is 0 Å². The molecule has 1 fully saturated rings. The molecule has 0 radical (unpaired) electrons. The number of hydrogen-bond donors (Lipinski definition) is 1. The first-order chi connectivity index (χ1) is 10.8. The number of benzene rings is 1. The predicted molar refractivity (Wildman–Crippen MR) is 88.6 cm³/mol. The lowest BCUT2D eigenvalue weighted by Gasteiger charge is -2.32. The maximum Gasteiger partial charge on any atom is 0.249 e. The summed E-state index contributed by atoms with van der Waals surface area (Å²) in [7, 11) is 2.14. The summed E-state index contributed by atoms with van der Waals surface area (Å²) < 4.78 is 0. The Kier molecular flexibility index (Phi) is 4.48. The highest BCUT2D eigenvalue weighted by molar-refractivity contribution is 5.59. The molecule has 1 N–H and O–H groups in total. The van der Waals surface area contributed by atoms with Gasteiger partial charge in [-0.25, -0.2) is 0 Å². The maximum atomic E-state index is 4.61. The highest BCUT2D eigenvalue weighted by Crippen LogP contribution is 2.20. The molecule has 0 amide bonds. The number of nitrogens with one attached hydrogen (secondary N) is 1. The molecular weight excluding hydrogens is 276 g/mol. The quantitative estimate of drug-likeness (QED) is 0.931. The third-order valence-corrected chi connectivity index (χ3v) is 4.02. The minimum atomic E-state index is 0.553. The molecule has 0 spiro atoms. The summed E-state index contributed by atoms with van der Waals surface area (Å²) in [4.78, 5) is 9.19. The van der Waals surface area contributed by atoms with Crippen LogP contribution in [-0.2, 0) is 6.42 Å². The molecule has 22 heavy (non-hydrogen) atoms. The van der Waals surface area contributed by atoms with E-state index in [1.165, 1.54) is 5.56 Å². The first-order valence-corrected chi connectivity index (χ1v) is 7.74. The Bertz CT molecular complexity index is 622. The van der Waals surface area contributed by atoms with Gasteiger partial charge in [0.25, 0.3) is 0 Å². The highest BCUT2D eigenvalue weighted by atomic mass is 15.3. The summed E-state index contributed by atoms with van der Waals surface area (Å²) in [6.45, 7) is 6.18. The number of para-hydroxylation sites is 1. The second kappa shape index (κ2) is 6.70. The van der Waals surface area contributed by atoms with Gasteiger partial charge in [-0.15, -0.1) is 5.10 Å². The zero-order chi connectivity index (χ0) is 15.4. The van der Waals surface area contributed by atoms with E-state index in [-0.39, 0.29) is 0 Å². The zero-order valence-corrected chi connectivity index (χ0v) is 13.2. The molecular formula is C16H22N6. The Hall–Kier alpha value is -2.21. The van der Waals surface area contributed by atoms with Crippen molar-refractivity contribution in [2.24, 2.45) is 0 Å². The third kappa shape index (κ3) is 3.33. The topological polar surface area (TPSA) is 57.2 Å². The van der Waals surface area contributed by atoms with Gasteiger partial charge in [0.2, 0.25) is 5.95 Å². The SMILES string of the molecule is CCc1ccccc1Nc1nncc(N2CCN(C)CC2)n1. The van der Waals surface area contributed by atoms with Crippen molar-refractivity contribution in [2.45, 2.75) is 13.3 Å². The fourth-order valence-corrected chi connectivity index (χ4v) is 2.61. The monoisotopic (exact) mass is 298 g/mol. The fraction of sp³-hybridized carbons (Fsp3) is 0.438. The Morgan fingerprint density at radius 3 is 2.68 bits per heavy atom. The Morgan fingerprint density at radius 1 is 1.14 bits per heavy atom. The summed E-state index contributed by atoms with van der Waals surface area (Å²) in [5.74, 6) is 1.44. The Labute approximate surface area is 131 Å². The van der Waals surface area contributed by atoms with Gasteiger partial charge in [-0.3, -0.25) is 0 Å². The van der Waals surface area contributed by atoms with E-state index in [0.29, 0.717) is 5.95 Å². The molecule has 1 aromatic heterocycles. The van der Waals surface area contributed by atoms with Crippen LogP contribution in [0, 0.1) is 0 Å². The van der Waals surface area contributed by atoms with Crippen LogP contribution < -0.4 is 10.2 Å². The van der Waals surface area contributed by atoms with E-state index < -0.39 is 0 Å². The van der Waals surface area contributed by atoms with Gasteiger partial charge in [0.05, 0.1) is 6.20 Å². The van der Waals surface area contributed by atoms with Gasteiger partial charge in [-0.1, -0.05) is 25.1 Å². The zero-order valence-electron chi connectivity index (χ0n) is 13.2. The molecule has 1 aromatic carbocycles.